The largest absolute Gasteiger partial charge is 0.508 e. The average Bonchev–Trinajstić information content (AvgIpc) is 2.89. The lowest BCUT2D eigenvalue weighted by Gasteiger charge is -2.15. The molecule has 0 aliphatic carbocycles. The number of rotatable bonds is 4. The molecule has 2 aromatic rings. The highest BCUT2D eigenvalue weighted by molar-refractivity contribution is 8.18. The molecule has 0 unspecified atom stereocenters. The monoisotopic (exact) mass is 383 g/mol. The number of hydrogen-bond acceptors (Lipinski definition) is 5. The van der Waals surface area contributed by atoms with Crippen molar-refractivity contribution in [1.29, 1.82) is 0 Å². The summed E-state index contributed by atoms with van der Waals surface area (Å²) in [5, 5.41) is 11.9. The van der Waals surface area contributed by atoms with Crippen LogP contribution in [0, 0.1) is 13.8 Å². The van der Waals surface area contributed by atoms with E-state index < -0.39 is 0 Å². The fourth-order valence-corrected chi connectivity index (χ4v) is 3.66. The van der Waals surface area contributed by atoms with Gasteiger partial charge < -0.3 is 9.84 Å². The van der Waals surface area contributed by atoms with E-state index in [2.05, 4.69) is 5.32 Å². The second-order valence-corrected chi connectivity index (χ2v) is 7.83. The number of amides is 2. The van der Waals surface area contributed by atoms with Crippen LogP contribution in [0.1, 0.15) is 42.0 Å². The lowest BCUT2D eigenvalue weighted by molar-refractivity contribution is -0.115. The number of ether oxygens (including phenoxy) is 1. The molecule has 0 aromatic heterocycles. The third-order valence-electron chi connectivity index (χ3n) is 4.26. The molecule has 0 spiro atoms. The van der Waals surface area contributed by atoms with Crippen molar-refractivity contribution in [2.24, 2.45) is 0 Å². The van der Waals surface area contributed by atoms with E-state index >= 15 is 0 Å². The number of aromatic hydroxyl groups is 1. The minimum absolute atomic E-state index is 0.183. The van der Waals surface area contributed by atoms with Crippen LogP contribution >= 0.6 is 11.8 Å². The van der Waals surface area contributed by atoms with Gasteiger partial charge in [0, 0.05) is 5.56 Å². The first-order chi connectivity index (χ1) is 12.7. The van der Waals surface area contributed by atoms with Crippen LogP contribution < -0.4 is 10.1 Å². The molecular weight excluding hydrogens is 362 g/mol. The number of carbonyl (C=O) groups is 2. The van der Waals surface area contributed by atoms with Crippen LogP contribution in [0.4, 0.5) is 4.79 Å². The summed E-state index contributed by atoms with van der Waals surface area (Å²) in [6.45, 7) is 7.89. The Morgan fingerprint density at radius 1 is 1.11 bits per heavy atom. The van der Waals surface area contributed by atoms with E-state index in [1.807, 2.05) is 45.9 Å². The number of phenols is 1. The van der Waals surface area contributed by atoms with Crippen molar-refractivity contribution >= 4 is 29.0 Å². The normalized spacial score (nSPS) is 15.5. The molecule has 1 heterocycles. The van der Waals surface area contributed by atoms with Crippen LogP contribution in [0.25, 0.3) is 6.08 Å². The molecule has 2 N–H and O–H groups in total. The lowest BCUT2D eigenvalue weighted by Crippen LogP contribution is -2.17. The number of thioether (sulfide) groups is 1. The molecule has 27 heavy (non-hydrogen) atoms. The minimum atomic E-state index is -0.369. The second kappa shape index (κ2) is 7.48. The zero-order chi connectivity index (χ0) is 19.7. The van der Waals surface area contributed by atoms with Crippen LogP contribution in [-0.2, 0) is 4.79 Å². The molecule has 2 aromatic carbocycles. The summed E-state index contributed by atoms with van der Waals surface area (Å²) in [4.78, 5) is 23.4. The molecule has 0 bridgehead atoms. The predicted molar refractivity (Wildman–Crippen MR) is 107 cm³/mol. The van der Waals surface area contributed by atoms with Crippen molar-refractivity contribution < 1.29 is 19.4 Å². The first kappa shape index (κ1) is 19.0. The molecule has 140 valence electrons. The molecule has 1 aliphatic rings. The van der Waals surface area contributed by atoms with Crippen molar-refractivity contribution in [2.45, 2.75) is 33.6 Å². The highest BCUT2D eigenvalue weighted by Gasteiger charge is 2.25. The number of hydrogen-bond donors (Lipinski definition) is 2. The Morgan fingerprint density at radius 3 is 2.33 bits per heavy atom. The quantitative estimate of drug-likeness (QED) is 0.706. The van der Waals surface area contributed by atoms with Gasteiger partial charge in [0.1, 0.15) is 17.2 Å². The Bertz CT molecular complexity index is 940. The Balaban J connectivity index is 1.90. The second-order valence-electron chi connectivity index (χ2n) is 6.81. The summed E-state index contributed by atoms with van der Waals surface area (Å²) in [7, 11) is 0. The van der Waals surface area contributed by atoms with Gasteiger partial charge in [0.2, 0.25) is 0 Å². The highest BCUT2D eigenvalue weighted by Crippen LogP contribution is 2.35. The van der Waals surface area contributed by atoms with Crippen LogP contribution in [0.5, 0.6) is 17.2 Å². The van der Waals surface area contributed by atoms with E-state index in [9.17, 15) is 14.7 Å². The average molecular weight is 383 g/mol. The molecule has 0 radical (unpaired) electrons. The maximum Gasteiger partial charge on any atom is 0.290 e. The number of benzene rings is 2. The summed E-state index contributed by atoms with van der Waals surface area (Å²) >= 11 is 0.899. The van der Waals surface area contributed by atoms with Gasteiger partial charge >= 0.3 is 0 Å². The highest BCUT2D eigenvalue weighted by atomic mass is 32.2. The van der Waals surface area contributed by atoms with E-state index in [0.717, 1.165) is 39.8 Å². The molecular formula is C21H21NO4S. The molecule has 1 aliphatic heterocycles. The van der Waals surface area contributed by atoms with Crippen molar-refractivity contribution in [3.8, 4) is 17.2 Å². The number of aryl methyl sites for hydroxylation is 2. The Labute approximate surface area is 162 Å². The van der Waals surface area contributed by atoms with Crippen molar-refractivity contribution in [2.75, 3.05) is 0 Å². The third-order valence-corrected chi connectivity index (χ3v) is 5.07. The van der Waals surface area contributed by atoms with Crippen LogP contribution in [-0.4, -0.2) is 16.3 Å². The summed E-state index contributed by atoms with van der Waals surface area (Å²) in [6, 6.07) is 9.05. The van der Waals surface area contributed by atoms with Crippen molar-refractivity contribution in [3.63, 3.8) is 0 Å². The SMILES string of the molecule is Cc1cc(/C=C2\SC(=O)NC2=O)cc(C)c1Oc1ccc(O)c(C(C)C)c1. The van der Waals surface area contributed by atoms with Crippen LogP contribution in [0.15, 0.2) is 35.2 Å². The summed E-state index contributed by atoms with van der Waals surface area (Å²) < 4.78 is 6.08. The van der Waals surface area contributed by atoms with E-state index in [1.165, 1.54) is 0 Å². The molecule has 6 heteroatoms. The molecule has 1 fully saturated rings. The van der Waals surface area contributed by atoms with Gasteiger partial charge in [0.15, 0.2) is 0 Å². The fraction of sp³-hybridized carbons (Fsp3) is 0.238. The predicted octanol–water partition coefficient (Wildman–Crippen LogP) is 5.25. The van der Waals surface area contributed by atoms with Gasteiger partial charge in [0.05, 0.1) is 4.91 Å². The Kier molecular flexibility index (Phi) is 5.28. The van der Waals surface area contributed by atoms with Crippen molar-refractivity contribution in [3.05, 3.63) is 57.5 Å². The Hall–Kier alpha value is -2.73. The standard InChI is InChI=1S/C21H21NO4S/c1-11(2)16-10-15(5-6-17(16)23)26-19-12(3)7-14(8-13(19)4)9-18-20(24)22-21(25)27-18/h5-11,23H,1-4H3,(H,22,24,25)/b18-9-. The number of nitrogens with one attached hydrogen (secondary N) is 1. The van der Waals surface area contributed by atoms with E-state index in [-0.39, 0.29) is 22.8 Å². The van der Waals surface area contributed by atoms with Gasteiger partial charge in [-0.3, -0.25) is 14.9 Å². The van der Waals surface area contributed by atoms with Gasteiger partial charge in [0.25, 0.3) is 11.1 Å². The van der Waals surface area contributed by atoms with Gasteiger partial charge in [-0.15, -0.1) is 0 Å². The molecule has 2 amide bonds. The first-order valence-corrected chi connectivity index (χ1v) is 9.43. The first-order valence-electron chi connectivity index (χ1n) is 8.61. The van der Waals surface area contributed by atoms with Crippen LogP contribution in [0.2, 0.25) is 0 Å². The minimum Gasteiger partial charge on any atom is -0.508 e. The fourth-order valence-electron chi connectivity index (χ4n) is 2.98. The zero-order valence-electron chi connectivity index (χ0n) is 15.6. The number of carbonyl (C=O) groups excluding carboxylic acids is 2. The molecule has 3 rings (SSSR count). The smallest absolute Gasteiger partial charge is 0.290 e. The van der Waals surface area contributed by atoms with Gasteiger partial charge in [-0.05, 0) is 84.6 Å². The summed E-state index contributed by atoms with van der Waals surface area (Å²) in [6.07, 6.45) is 1.70. The van der Waals surface area contributed by atoms with Crippen LogP contribution in [0.3, 0.4) is 0 Å². The maximum atomic E-state index is 11.7. The molecule has 0 saturated carbocycles. The summed E-state index contributed by atoms with van der Waals surface area (Å²) in [5.74, 6) is 1.46. The lowest BCUT2D eigenvalue weighted by atomic mass is 10.0. The third kappa shape index (κ3) is 4.17. The Morgan fingerprint density at radius 2 is 1.78 bits per heavy atom. The summed E-state index contributed by atoms with van der Waals surface area (Å²) in [5.41, 5.74) is 3.49. The van der Waals surface area contributed by atoms with Gasteiger partial charge in [-0.2, -0.15) is 0 Å². The topological polar surface area (TPSA) is 75.6 Å². The molecule has 1 saturated heterocycles. The van der Waals surface area contributed by atoms with E-state index in [1.54, 1.807) is 18.2 Å². The van der Waals surface area contributed by atoms with E-state index in [4.69, 9.17) is 4.74 Å². The maximum absolute atomic E-state index is 11.7. The number of imide groups is 1. The van der Waals surface area contributed by atoms with Gasteiger partial charge in [-0.1, -0.05) is 13.8 Å². The number of phenolic OH excluding ortho intramolecular Hbond substituents is 1. The zero-order valence-corrected chi connectivity index (χ0v) is 16.4. The molecule has 0 atom stereocenters. The van der Waals surface area contributed by atoms with Gasteiger partial charge in [-0.25, -0.2) is 0 Å². The molecule has 5 nitrogen and oxygen atoms in total. The van der Waals surface area contributed by atoms with Crippen molar-refractivity contribution in [1.82, 2.24) is 5.32 Å². The van der Waals surface area contributed by atoms with E-state index in [0.29, 0.717) is 10.7 Å².